The molecule has 0 amide bonds. The molecule has 0 aromatic carbocycles. The van der Waals surface area contributed by atoms with Gasteiger partial charge in [-0.1, -0.05) is 11.6 Å². The monoisotopic (exact) mass is 319 g/mol. The summed E-state index contributed by atoms with van der Waals surface area (Å²) >= 11 is 5.94. The predicted molar refractivity (Wildman–Crippen MR) is 77.7 cm³/mol. The lowest BCUT2D eigenvalue weighted by Crippen LogP contribution is -2.35. The van der Waals surface area contributed by atoms with Crippen LogP contribution in [0.15, 0.2) is 6.07 Å². The maximum absolute atomic E-state index is 11.6. The molecule has 1 aromatic heterocycles. The van der Waals surface area contributed by atoms with Gasteiger partial charge in [-0.25, -0.2) is 18.4 Å². The quantitative estimate of drug-likeness (QED) is 0.831. The van der Waals surface area contributed by atoms with Gasteiger partial charge >= 0.3 is 0 Å². The molecule has 6 nitrogen and oxygen atoms in total. The Morgan fingerprint density at radius 2 is 2.30 bits per heavy atom. The van der Waals surface area contributed by atoms with Crippen molar-refractivity contribution in [2.24, 2.45) is 0 Å². The molecule has 2 rings (SSSR count). The maximum atomic E-state index is 11.6. The van der Waals surface area contributed by atoms with E-state index < -0.39 is 9.84 Å². The van der Waals surface area contributed by atoms with Gasteiger partial charge in [-0.15, -0.1) is 0 Å². The molecule has 1 N–H and O–H groups in total. The highest BCUT2D eigenvalue weighted by Gasteiger charge is 2.25. The third-order valence-corrected chi connectivity index (χ3v) is 5.01. The second-order valence-electron chi connectivity index (χ2n) is 4.73. The topological polar surface area (TPSA) is 81.2 Å². The molecule has 1 unspecified atom stereocenters. The van der Waals surface area contributed by atoms with Crippen LogP contribution in [-0.4, -0.2) is 42.5 Å². The van der Waals surface area contributed by atoms with E-state index in [0.29, 0.717) is 29.8 Å². The summed E-state index contributed by atoms with van der Waals surface area (Å²) in [5.41, 5.74) is 0. The van der Waals surface area contributed by atoms with Crippen molar-refractivity contribution in [3.63, 3.8) is 0 Å². The van der Waals surface area contributed by atoms with Gasteiger partial charge in [0.2, 0.25) is 0 Å². The van der Waals surface area contributed by atoms with Crippen LogP contribution in [0, 0.1) is 0 Å². The Morgan fingerprint density at radius 1 is 1.50 bits per heavy atom. The number of sulfone groups is 1. The minimum Gasteiger partial charge on any atom is -0.374 e. The Kier molecular flexibility index (Phi) is 5.17. The van der Waals surface area contributed by atoms with Crippen LogP contribution in [0.5, 0.6) is 0 Å². The van der Waals surface area contributed by atoms with E-state index in [1.54, 1.807) is 6.07 Å². The van der Waals surface area contributed by atoms with E-state index in [1.165, 1.54) is 0 Å². The second-order valence-corrected chi connectivity index (χ2v) is 7.34. The fourth-order valence-electron chi connectivity index (χ4n) is 2.14. The predicted octanol–water partition coefficient (Wildman–Crippen LogP) is 1.66. The molecular formula is C12H18ClN3O3S. The van der Waals surface area contributed by atoms with E-state index in [4.69, 9.17) is 16.3 Å². The Bertz CT molecular complexity index is 565. The first-order valence-electron chi connectivity index (χ1n) is 6.56. The van der Waals surface area contributed by atoms with E-state index in [-0.39, 0.29) is 24.2 Å². The van der Waals surface area contributed by atoms with Crippen molar-refractivity contribution >= 4 is 27.3 Å². The van der Waals surface area contributed by atoms with Crippen molar-refractivity contribution in [1.29, 1.82) is 0 Å². The molecule has 20 heavy (non-hydrogen) atoms. The lowest BCUT2D eigenvalue weighted by atomic mass is 10.2. The summed E-state index contributed by atoms with van der Waals surface area (Å²) in [5, 5.41) is 3.44. The standard InChI is InChI=1S/C12H18ClN3O3S/c1-2-19-7-12-15-10(13)6-11(16-12)14-9-4-3-5-20(17,18)8-9/h6,9H,2-5,7-8H2,1H3,(H,14,15,16). The minimum atomic E-state index is -2.95. The Balaban J connectivity index is 2.06. The molecule has 0 aliphatic carbocycles. The second kappa shape index (κ2) is 6.69. The fraction of sp³-hybridized carbons (Fsp3) is 0.667. The summed E-state index contributed by atoms with van der Waals surface area (Å²) < 4.78 is 28.5. The van der Waals surface area contributed by atoms with Crippen LogP contribution in [0.25, 0.3) is 0 Å². The third kappa shape index (κ3) is 4.57. The molecule has 1 aliphatic rings. The molecule has 112 valence electrons. The molecule has 2 heterocycles. The van der Waals surface area contributed by atoms with Gasteiger partial charge in [0.25, 0.3) is 0 Å². The normalized spacial score (nSPS) is 21.6. The van der Waals surface area contributed by atoms with Crippen LogP contribution in [0.1, 0.15) is 25.6 Å². The highest BCUT2D eigenvalue weighted by molar-refractivity contribution is 7.91. The van der Waals surface area contributed by atoms with Crippen molar-refractivity contribution in [2.45, 2.75) is 32.4 Å². The number of ether oxygens (including phenoxy) is 1. The van der Waals surface area contributed by atoms with Gasteiger partial charge < -0.3 is 10.1 Å². The number of nitrogens with zero attached hydrogens (tertiary/aromatic N) is 2. The number of hydrogen-bond acceptors (Lipinski definition) is 6. The summed E-state index contributed by atoms with van der Waals surface area (Å²) in [7, 11) is -2.95. The molecule has 0 spiro atoms. The van der Waals surface area contributed by atoms with E-state index in [2.05, 4.69) is 15.3 Å². The molecule has 0 radical (unpaired) electrons. The van der Waals surface area contributed by atoms with E-state index in [1.807, 2.05) is 6.92 Å². The molecule has 8 heteroatoms. The van der Waals surface area contributed by atoms with Gasteiger partial charge in [-0.3, -0.25) is 0 Å². The zero-order valence-electron chi connectivity index (χ0n) is 11.3. The zero-order valence-corrected chi connectivity index (χ0v) is 12.9. The zero-order chi connectivity index (χ0) is 14.6. The lowest BCUT2D eigenvalue weighted by Gasteiger charge is -2.23. The first-order valence-corrected chi connectivity index (χ1v) is 8.76. The summed E-state index contributed by atoms with van der Waals surface area (Å²) in [4.78, 5) is 8.35. The van der Waals surface area contributed by atoms with Crippen LogP contribution in [0.3, 0.4) is 0 Å². The summed E-state index contributed by atoms with van der Waals surface area (Å²) in [6.45, 7) is 2.74. The molecule has 0 saturated carbocycles. The number of nitrogens with one attached hydrogen (secondary N) is 1. The largest absolute Gasteiger partial charge is 0.374 e. The Morgan fingerprint density at radius 3 is 3.00 bits per heavy atom. The van der Waals surface area contributed by atoms with E-state index in [0.717, 1.165) is 6.42 Å². The van der Waals surface area contributed by atoms with Gasteiger partial charge in [-0.05, 0) is 19.8 Å². The molecule has 1 saturated heterocycles. The van der Waals surface area contributed by atoms with Crippen LogP contribution < -0.4 is 5.32 Å². The average Bonchev–Trinajstić information content (AvgIpc) is 2.34. The maximum Gasteiger partial charge on any atom is 0.158 e. The van der Waals surface area contributed by atoms with Crippen molar-refractivity contribution in [3.8, 4) is 0 Å². The third-order valence-electron chi connectivity index (χ3n) is 2.99. The first-order chi connectivity index (χ1) is 9.48. The van der Waals surface area contributed by atoms with Gasteiger partial charge in [0.05, 0.1) is 11.5 Å². The molecule has 1 aromatic rings. The van der Waals surface area contributed by atoms with E-state index >= 15 is 0 Å². The molecule has 0 bridgehead atoms. The van der Waals surface area contributed by atoms with Crippen LogP contribution in [0.2, 0.25) is 5.15 Å². The number of anilines is 1. The number of halogens is 1. The summed E-state index contributed by atoms with van der Waals surface area (Å²) in [6.07, 6.45) is 1.48. The first kappa shape index (κ1) is 15.5. The SMILES string of the molecule is CCOCc1nc(Cl)cc(NC2CCCS(=O)(=O)C2)n1. The van der Waals surface area contributed by atoms with Gasteiger partial charge in [0, 0.05) is 18.7 Å². The van der Waals surface area contributed by atoms with Crippen molar-refractivity contribution in [1.82, 2.24) is 9.97 Å². The number of hydrogen-bond donors (Lipinski definition) is 1. The highest BCUT2D eigenvalue weighted by Crippen LogP contribution is 2.18. The van der Waals surface area contributed by atoms with Gasteiger partial charge in [-0.2, -0.15) is 0 Å². The average molecular weight is 320 g/mol. The van der Waals surface area contributed by atoms with Crippen LogP contribution >= 0.6 is 11.6 Å². The summed E-state index contributed by atoms with van der Waals surface area (Å²) in [5.74, 6) is 1.43. The highest BCUT2D eigenvalue weighted by atomic mass is 35.5. The van der Waals surface area contributed by atoms with Crippen molar-refractivity contribution < 1.29 is 13.2 Å². The summed E-state index contributed by atoms with van der Waals surface area (Å²) in [6, 6.07) is 1.47. The number of rotatable bonds is 5. The molecule has 1 atom stereocenters. The van der Waals surface area contributed by atoms with E-state index in [9.17, 15) is 8.42 Å². The Labute approximate surface area is 123 Å². The van der Waals surface area contributed by atoms with Gasteiger partial charge in [0.15, 0.2) is 15.7 Å². The molecule has 1 fully saturated rings. The lowest BCUT2D eigenvalue weighted by molar-refractivity contribution is 0.128. The number of aromatic nitrogens is 2. The molecule has 1 aliphatic heterocycles. The van der Waals surface area contributed by atoms with Crippen molar-refractivity contribution in [2.75, 3.05) is 23.4 Å². The Hall–Kier alpha value is -0.920. The van der Waals surface area contributed by atoms with Crippen molar-refractivity contribution in [3.05, 3.63) is 17.0 Å². The van der Waals surface area contributed by atoms with Gasteiger partial charge in [0.1, 0.15) is 17.6 Å². The fourth-order valence-corrected chi connectivity index (χ4v) is 3.98. The molecular weight excluding hydrogens is 302 g/mol. The van der Waals surface area contributed by atoms with Crippen LogP contribution in [-0.2, 0) is 21.2 Å². The minimum absolute atomic E-state index is 0.125. The van der Waals surface area contributed by atoms with Crippen LogP contribution in [0.4, 0.5) is 5.82 Å². The smallest absolute Gasteiger partial charge is 0.158 e.